The Morgan fingerprint density at radius 1 is 1.07 bits per heavy atom. The van der Waals surface area contributed by atoms with Gasteiger partial charge in [0, 0.05) is 23.9 Å². The van der Waals surface area contributed by atoms with Crippen LogP contribution in [0.15, 0.2) is 48.7 Å². The highest BCUT2D eigenvalue weighted by atomic mass is 16.5. The molecule has 0 atom stereocenters. The summed E-state index contributed by atoms with van der Waals surface area (Å²) in [7, 11) is 3.17. The van der Waals surface area contributed by atoms with E-state index < -0.39 is 0 Å². The molecular weight excluding hydrogens is 366 g/mol. The molecule has 0 aliphatic heterocycles. The predicted molar refractivity (Wildman–Crippen MR) is 113 cm³/mol. The second-order valence-electron chi connectivity index (χ2n) is 6.89. The lowest BCUT2D eigenvalue weighted by Gasteiger charge is -2.12. The van der Waals surface area contributed by atoms with Crippen LogP contribution in [0.5, 0.6) is 11.5 Å². The molecule has 29 heavy (non-hydrogen) atoms. The minimum atomic E-state index is -0.140. The molecule has 3 rings (SSSR count). The quantitative estimate of drug-likeness (QED) is 0.590. The highest BCUT2D eigenvalue weighted by Gasteiger charge is 2.13. The third kappa shape index (κ3) is 4.77. The highest BCUT2D eigenvalue weighted by molar-refractivity contribution is 5.95. The summed E-state index contributed by atoms with van der Waals surface area (Å²) < 4.78 is 12.6. The largest absolute Gasteiger partial charge is 0.496 e. The van der Waals surface area contributed by atoms with Gasteiger partial charge < -0.3 is 14.8 Å². The number of carbonyl (C=O) groups excluding carboxylic acids is 1. The van der Waals surface area contributed by atoms with Crippen molar-refractivity contribution in [1.29, 1.82) is 0 Å². The summed E-state index contributed by atoms with van der Waals surface area (Å²) in [5, 5.41) is 7.56. The molecule has 2 aromatic carbocycles. The van der Waals surface area contributed by atoms with Crippen molar-refractivity contribution in [2.75, 3.05) is 20.8 Å². The Morgan fingerprint density at radius 2 is 1.72 bits per heavy atom. The highest BCUT2D eigenvalue weighted by Crippen LogP contribution is 2.29. The van der Waals surface area contributed by atoms with E-state index in [1.165, 1.54) is 5.56 Å². The van der Waals surface area contributed by atoms with Gasteiger partial charge in [0.2, 0.25) is 0 Å². The summed E-state index contributed by atoms with van der Waals surface area (Å²) >= 11 is 0. The number of rotatable bonds is 8. The zero-order valence-corrected chi connectivity index (χ0v) is 17.4. The van der Waals surface area contributed by atoms with Gasteiger partial charge in [-0.05, 0) is 56.5 Å². The molecule has 0 spiro atoms. The molecule has 0 fully saturated rings. The van der Waals surface area contributed by atoms with Crippen molar-refractivity contribution < 1.29 is 14.3 Å². The Bertz CT molecular complexity index is 955. The van der Waals surface area contributed by atoms with Crippen molar-refractivity contribution >= 4 is 5.91 Å². The van der Waals surface area contributed by atoms with Gasteiger partial charge in [0.05, 0.1) is 25.6 Å². The number of hydrogen-bond acceptors (Lipinski definition) is 4. The molecule has 1 aromatic heterocycles. The van der Waals surface area contributed by atoms with Crippen LogP contribution in [0.3, 0.4) is 0 Å². The number of nitrogens with one attached hydrogen (secondary N) is 1. The maximum atomic E-state index is 12.5. The van der Waals surface area contributed by atoms with E-state index in [2.05, 4.69) is 16.6 Å². The monoisotopic (exact) mass is 393 g/mol. The van der Waals surface area contributed by atoms with Crippen molar-refractivity contribution in [3.63, 3.8) is 0 Å². The summed E-state index contributed by atoms with van der Waals surface area (Å²) in [5.41, 5.74) is 4.63. The Labute approximate surface area is 171 Å². The molecule has 3 aromatic rings. The number of nitrogens with zero attached hydrogens (tertiary/aromatic N) is 2. The lowest BCUT2D eigenvalue weighted by molar-refractivity contribution is 0.0952. The average molecular weight is 393 g/mol. The van der Waals surface area contributed by atoms with Crippen LogP contribution in [0.1, 0.15) is 33.6 Å². The maximum Gasteiger partial charge on any atom is 0.251 e. The molecule has 6 heteroatoms. The van der Waals surface area contributed by atoms with E-state index in [9.17, 15) is 4.79 Å². The van der Waals surface area contributed by atoms with Crippen LogP contribution in [-0.4, -0.2) is 36.5 Å². The molecule has 0 saturated heterocycles. The molecule has 1 heterocycles. The molecule has 6 nitrogen and oxygen atoms in total. The zero-order chi connectivity index (χ0) is 20.8. The van der Waals surface area contributed by atoms with E-state index in [0.29, 0.717) is 23.6 Å². The van der Waals surface area contributed by atoms with Gasteiger partial charge in [-0.25, -0.2) is 4.68 Å². The van der Waals surface area contributed by atoms with Gasteiger partial charge in [0.1, 0.15) is 11.5 Å². The summed E-state index contributed by atoms with van der Waals surface area (Å²) in [6, 6.07) is 13.5. The smallest absolute Gasteiger partial charge is 0.251 e. The predicted octanol–water partition coefficient (Wildman–Crippen LogP) is 3.87. The fourth-order valence-electron chi connectivity index (χ4n) is 3.25. The van der Waals surface area contributed by atoms with Crippen LogP contribution in [-0.2, 0) is 6.42 Å². The number of hydrogen-bond donors (Lipinski definition) is 1. The van der Waals surface area contributed by atoms with Gasteiger partial charge in [-0.2, -0.15) is 5.10 Å². The second-order valence-corrected chi connectivity index (χ2v) is 6.89. The first-order valence-corrected chi connectivity index (χ1v) is 9.65. The molecule has 0 saturated carbocycles. The summed E-state index contributed by atoms with van der Waals surface area (Å²) in [6.45, 7) is 4.49. The number of aryl methyl sites for hydroxylation is 2. The molecule has 0 unspecified atom stereocenters. The van der Waals surface area contributed by atoms with E-state index in [1.807, 2.05) is 48.9 Å². The fourth-order valence-corrected chi connectivity index (χ4v) is 3.25. The van der Waals surface area contributed by atoms with E-state index >= 15 is 0 Å². The molecule has 0 bridgehead atoms. The summed E-state index contributed by atoms with van der Waals surface area (Å²) in [4.78, 5) is 12.5. The molecule has 1 amide bonds. The van der Waals surface area contributed by atoms with Crippen LogP contribution in [0.25, 0.3) is 5.69 Å². The molecule has 1 N–H and O–H groups in total. The van der Waals surface area contributed by atoms with Gasteiger partial charge in [-0.1, -0.05) is 18.2 Å². The Balaban J connectivity index is 1.57. The van der Waals surface area contributed by atoms with Gasteiger partial charge in [0.15, 0.2) is 0 Å². The third-order valence-corrected chi connectivity index (χ3v) is 4.94. The van der Waals surface area contributed by atoms with Crippen LogP contribution >= 0.6 is 0 Å². The minimum Gasteiger partial charge on any atom is -0.496 e. The SMILES string of the molecule is COc1cc(C(=O)NCCCc2cn(-c3ccccc3)nc2C)cc(OC)c1C. The number of methoxy groups -OCH3 is 2. The second kappa shape index (κ2) is 9.28. The van der Waals surface area contributed by atoms with E-state index in [4.69, 9.17) is 9.47 Å². The van der Waals surface area contributed by atoms with Crippen molar-refractivity contribution in [2.24, 2.45) is 0 Å². The molecule has 0 aliphatic rings. The number of ether oxygens (including phenoxy) is 2. The first-order valence-electron chi connectivity index (χ1n) is 9.65. The van der Waals surface area contributed by atoms with Crippen LogP contribution in [0, 0.1) is 13.8 Å². The van der Waals surface area contributed by atoms with Crippen LogP contribution < -0.4 is 14.8 Å². The first-order chi connectivity index (χ1) is 14.0. The van der Waals surface area contributed by atoms with E-state index in [1.54, 1.807) is 26.4 Å². The Kier molecular flexibility index (Phi) is 6.54. The topological polar surface area (TPSA) is 65.4 Å². The van der Waals surface area contributed by atoms with Crippen LogP contribution in [0.4, 0.5) is 0 Å². The van der Waals surface area contributed by atoms with Gasteiger partial charge >= 0.3 is 0 Å². The Hall–Kier alpha value is -3.28. The molecular formula is C23H27N3O3. The van der Waals surface area contributed by atoms with Gasteiger partial charge in [-0.15, -0.1) is 0 Å². The maximum absolute atomic E-state index is 12.5. The average Bonchev–Trinajstić information content (AvgIpc) is 3.12. The zero-order valence-electron chi connectivity index (χ0n) is 17.4. The number of benzene rings is 2. The Morgan fingerprint density at radius 3 is 2.34 bits per heavy atom. The normalized spacial score (nSPS) is 10.6. The van der Waals surface area contributed by atoms with E-state index in [-0.39, 0.29) is 5.91 Å². The molecule has 0 radical (unpaired) electrons. The van der Waals surface area contributed by atoms with E-state index in [0.717, 1.165) is 29.8 Å². The van der Waals surface area contributed by atoms with Crippen LogP contribution in [0.2, 0.25) is 0 Å². The molecule has 0 aliphatic carbocycles. The van der Waals surface area contributed by atoms with Crippen molar-refractivity contribution in [2.45, 2.75) is 26.7 Å². The van der Waals surface area contributed by atoms with Gasteiger partial charge in [0.25, 0.3) is 5.91 Å². The minimum absolute atomic E-state index is 0.140. The van der Waals surface area contributed by atoms with Gasteiger partial charge in [-0.3, -0.25) is 4.79 Å². The number of aromatic nitrogens is 2. The first kappa shape index (κ1) is 20.5. The number of carbonyl (C=O) groups is 1. The van der Waals surface area contributed by atoms with Crippen molar-refractivity contribution in [1.82, 2.24) is 15.1 Å². The lowest BCUT2D eigenvalue weighted by Crippen LogP contribution is -2.25. The number of amides is 1. The summed E-state index contributed by atoms with van der Waals surface area (Å²) in [5.74, 6) is 1.13. The fraction of sp³-hybridized carbons (Fsp3) is 0.304. The van der Waals surface area contributed by atoms with Crippen molar-refractivity contribution in [3.8, 4) is 17.2 Å². The van der Waals surface area contributed by atoms with Crippen molar-refractivity contribution in [3.05, 3.63) is 71.0 Å². The standard InChI is InChI=1S/C23H27N3O3/c1-16-21(28-3)13-19(14-22(16)29-4)23(27)24-12-8-9-18-15-26(25-17(18)2)20-10-6-5-7-11-20/h5-7,10-11,13-15H,8-9,12H2,1-4H3,(H,24,27). The molecule has 152 valence electrons. The number of para-hydroxylation sites is 1. The summed E-state index contributed by atoms with van der Waals surface area (Å²) in [6.07, 6.45) is 3.73. The third-order valence-electron chi connectivity index (χ3n) is 4.94. The lowest BCUT2D eigenvalue weighted by atomic mass is 10.1.